The summed E-state index contributed by atoms with van der Waals surface area (Å²) >= 11 is 5.55. The second kappa shape index (κ2) is 8.27. The van der Waals surface area contributed by atoms with Crippen LogP contribution < -0.4 is 15.6 Å². The van der Waals surface area contributed by atoms with Gasteiger partial charge in [-0.25, -0.2) is 0 Å². The smallest absolute Gasteiger partial charge is 0.417 e. The van der Waals surface area contributed by atoms with Gasteiger partial charge in [0.05, 0.1) is 12.7 Å². The fourth-order valence-corrected chi connectivity index (χ4v) is 2.55. The van der Waals surface area contributed by atoms with Crippen molar-refractivity contribution in [2.45, 2.75) is 19.1 Å². The van der Waals surface area contributed by atoms with Crippen molar-refractivity contribution >= 4 is 17.5 Å². The summed E-state index contributed by atoms with van der Waals surface area (Å²) in [6.45, 7) is -0.324. The highest BCUT2D eigenvalue weighted by atomic mass is 35.5. The molecule has 1 amide bonds. The number of halogens is 4. The maximum absolute atomic E-state index is 12.8. The van der Waals surface area contributed by atoms with Gasteiger partial charge in [0, 0.05) is 12.7 Å². The lowest BCUT2D eigenvalue weighted by Crippen LogP contribution is -2.34. The highest BCUT2D eigenvalue weighted by Crippen LogP contribution is 2.29. The zero-order valence-electron chi connectivity index (χ0n) is 13.8. The third-order valence-corrected chi connectivity index (χ3v) is 3.86. The van der Waals surface area contributed by atoms with E-state index in [1.54, 1.807) is 6.07 Å². The molecule has 1 N–H and O–H groups in total. The van der Waals surface area contributed by atoms with Gasteiger partial charge in [-0.3, -0.25) is 9.59 Å². The van der Waals surface area contributed by atoms with Crippen molar-refractivity contribution < 1.29 is 22.7 Å². The standard InChI is InChI=1S/C17H16ClF3N2O3/c1-26-14-5-3-2-4-11(14)6-7-22-15(24)10-23-9-12(17(19,20)21)8-13(18)16(23)25/h2-5,8-9H,6-7,10H2,1H3,(H,22,24). The van der Waals surface area contributed by atoms with E-state index in [0.29, 0.717) is 29.0 Å². The van der Waals surface area contributed by atoms with Crippen LogP contribution in [0.15, 0.2) is 41.3 Å². The van der Waals surface area contributed by atoms with Crippen molar-refractivity contribution in [1.29, 1.82) is 0 Å². The molecule has 140 valence electrons. The van der Waals surface area contributed by atoms with Crippen LogP contribution in [0.5, 0.6) is 5.75 Å². The lowest BCUT2D eigenvalue weighted by atomic mass is 10.1. The average Bonchev–Trinajstić information content (AvgIpc) is 2.58. The van der Waals surface area contributed by atoms with Crippen LogP contribution in [-0.4, -0.2) is 24.1 Å². The Balaban J connectivity index is 2.02. The number of methoxy groups -OCH3 is 1. The quantitative estimate of drug-likeness (QED) is 0.827. The Bertz CT molecular complexity index is 850. The zero-order chi connectivity index (χ0) is 19.3. The lowest BCUT2D eigenvalue weighted by molar-refractivity contribution is -0.138. The summed E-state index contributed by atoms with van der Waals surface area (Å²) in [5, 5.41) is 1.96. The molecule has 0 spiro atoms. The third kappa shape index (κ3) is 5.01. The second-order valence-electron chi connectivity index (χ2n) is 5.42. The van der Waals surface area contributed by atoms with Gasteiger partial charge in [0.25, 0.3) is 5.56 Å². The van der Waals surface area contributed by atoms with E-state index in [4.69, 9.17) is 16.3 Å². The number of alkyl halides is 3. The minimum absolute atomic E-state index is 0.237. The molecule has 0 radical (unpaired) electrons. The second-order valence-corrected chi connectivity index (χ2v) is 5.83. The molecule has 1 aromatic carbocycles. The van der Waals surface area contributed by atoms with Crippen molar-refractivity contribution in [3.8, 4) is 5.75 Å². The molecule has 0 fully saturated rings. The van der Waals surface area contributed by atoms with Gasteiger partial charge in [-0.1, -0.05) is 29.8 Å². The molecule has 0 saturated heterocycles. The van der Waals surface area contributed by atoms with E-state index in [2.05, 4.69) is 5.32 Å². The van der Waals surface area contributed by atoms with Crippen LogP contribution in [0.4, 0.5) is 13.2 Å². The number of benzene rings is 1. The number of ether oxygens (including phenoxy) is 1. The molecule has 5 nitrogen and oxygen atoms in total. The molecule has 0 bridgehead atoms. The largest absolute Gasteiger partial charge is 0.496 e. The van der Waals surface area contributed by atoms with Gasteiger partial charge < -0.3 is 14.6 Å². The number of hydrogen-bond donors (Lipinski definition) is 1. The summed E-state index contributed by atoms with van der Waals surface area (Å²) in [6, 6.07) is 7.79. The number of pyridine rings is 1. The van der Waals surface area contributed by atoms with E-state index in [1.807, 2.05) is 18.2 Å². The molecular formula is C17H16ClF3N2O3. The summed E-state index contributed by atoms with van der Waals surface area (Å²) < 4.78 is 44.2. The molecule has 2 aromatic rings. The van der Waals surface area contributed by atoms with E-state index in [0.717, 1.165) is 5.56 Å². The van der Waals surface area contributed by atoms with E-state index in [1.165, 1.54) is 7.11 Å². The molecule has 0 aliphatic rings. The molecule has 1 aromatic heterocycles. The van der Waals surface area contributed by atoms with Gasteiger partial charge in [0.2, 0.25) is 5.91 Å². The fourth-order valence-electron chi connectivity index (χ4n) is 2.33. The topological polar surface area (TPSA) is 60.3 Å². The minimum atomic E-state index is -4.67. The highest BCUT2D eigenvalue weighted by molar-refractivity contribution is 6.30. The van der Waals surface area contributed by atoms with Crippen molar-refractivity contribution in [2.24, 2.45) is 0 Å². The summed E-state index contributed by atoms with van der Waals surface area (Å²) in [4.78, 5) is 23.8. The molecule has 2 rings (SSSR count). The number of nitrogens with one attached hydrogen (secondary N) is 1. The highest BCUT2D eigenvalue weighted by Gasteiger charge is 2.32. The zero-order valence-corrected chi connectivity index (χ0v) is 14.5. The van der Waals surface area contributed by atoms with Crippen LogP contribution >= 0.6 is 11.6 Å². The summed E-state index contributed by atoms with van der Waals surface area (Å²) in [7, 11) is 1.53. The van der Waals surface area contributed by atoms with Crippen LogP contribution in [0.2, 0.25) is 5.02 Å². The number of para-hydroxylation sites is 1. The molecule has 0 aliphatic heterocycles. The first-order valence-corrected chi connectivity index (χ1v) is 7.96. The summed E-state index contributed by atoms with van der Waals surface area (Å²) in [6.07, 6.45) is -3.62. The molecular weight excluding hydrogens is 373 g/mol. The van der Waals surface area contributed by atoms with Gasteiger partial charge in [-0.15, -0.1) is 0 Å². The number of amides is 1. The Morgan fingerprint density at radius 1 is 1.31 bits per heavy atom. The Morgan fingerprint density at radius 2 is 2.00 bits per heavy atom. The van der Waals surface area contributed by atoms with Gasteiger partial charge in [0.1, 0.15) is 17.3 Å². The van der Waals surface area contributed by atoms with Crippen LogP contribution in [-0.2, 0) is 23.9 Å². The average molecular weight is 389 g/mol. The molecule has 0 unspecified atom stereocenters. The van der Waals surface area contributed by atoms with Crippen molar-refractivity contribution in [2.75, 3.05) is 13.7 Å². The number of carbonyl (C=O) groups is 1. The number of rotatable bonds is 6. The fraction of sp³-hybridized carbons (Fsp3) is 0.294. The van der Waals surface area contributed by atoms with Crippen LogP contribution in [0, 0.1) is 0 Å². The molecule has 0 atom stereocenters. The predicted octanol–water partition coefficient (Wildman–Crippen LogP) is 2.89. The van der Waals surface area contributed by atoms with Crippen molar-refractivity contribution in [3.05, 3.63) is 63.0 Å². The number of carbonyl (C=O) groups excluding carboxylic acids is 1. The third-order valence-electron chi connectivity index (χ3n) is 3.59. The maximum Gasteiger partial charge on any atom is 0.417 e. The normalized spacial score (nSPS) is 11.3. The first-order valence-electron chi connectivity index (χ1n) is 7.58. The van der Waals surface area contributed by atoms with Gasteiger partial charge >= 0.3 is 6.18 Å². The Kier molecular flexibility index (Phi) is 6.31. The van der Waals surface area contributed by atoms with E-state index in [-0.39, 0.29) is 6.54 Å². The molecule has 9 heteroatoms. The Hall–Kier alpha value is -2.48. The van der Waals surface area contributed by atoms with Gasteiger partial charge in [-0.05, 0) is 24.1 Å². The number of nitrogens with zero attached hydrogens (tertiary/aromatic N) is 1. The van der Waals surface area contributed by atoms with Crippen LogP contribution in [0.3, 0.4) is 0 Å². The van der Waals surface area contributed by atoms with Gasteiger partial charge in [0.15, 0.2) is 0 Å². The van der Waals surface area contributed by atoms with Crippen molar-refractivity contribution in [1.82, 2.24) is 9.88 Å². The molecule has 1 heterocycles. The minimum Gasteiger partial charge on any atom is -0.496 e. The Labute approximate surface area is 152 Å². The van der Waals surface area contributed by atoms with Crippen LogP contribution in [0.1, 0.15) is 11.1 Å². The molecule has 0 saturated carbocycles. The maximum atomic E-state index is 12.8. The van der Waals surface area contributed by atoms with E-state index >= 15 is 0 Å². The van der Waals surface area contributed by atoms with E-state index < -0.39 is 34.8 Å². The first kappa shape index (κ1) is 19.8. The monoisotopic (exact) mass is 388 g/mol. The number of aromatic nitrogens is 1. The summed E-state index contributed by atoms with van der Waals surface area (Å²) in [5.74, 6) is 0.0695. The predicted molar refractivity (Wildman–Crippen MR) is 90.4 cm³/mol. The van der Waals surface area contributed by atoms with E-state index in [9.17, 15) is 22.8 Å². The molecule has 0 aliphatic carbocycles. The van der Waals surface area contributed by atoms with Gasteiger partial charge in [-0.2, -0.15) is 13.2 Å². The van der Waals surface area contributed by atoms with Crippen molar-refractivity contribution in [3.63, 3.8) is 0 Å². The lowest BCUT2D eigenvalue weighted by Gasteiger charge is -2.12. The Morgan fingerprint density at radius 3 is 2.65 bits per heavy atom. The SMILES string of the molecule is COc1ccccc1CCNC(=O)Cn1cc(C(F)(F)F)cc(Cl)c1=O. The first-order chi connectivity index (χ1) is 12.2. The number of hydrogen-bond acceptors (Lipinski definition) is 3. The van der Waals surface area contributed by atoms with Crippen LogP contribution in [0.25, 0.3) is 0 Å². The summed E-state index contributed by atoms with van der Waals surface area (Å²) in [5.41, 5.74) is -1.09. The molecule has 26 heavy (non-hydrogen) atoms.